The van der Waals surface area contributed by atoms with E-state index < -0.39 is 29.8 Å². The van der Waals surface area contributed by atoms with Crippen LogP contribution in [0.4, 0.5) is 4.39 Å². The molecule has 1 amide bonds. The normalized spacial score (nSPS) is 19.6. The van der Waals surface area contributed by atoms with Crippen LogP contribution >= 0.6 is 11.6 Å². The van der Waals surface area contributed by atoms with E-state index in [0.29, 0.717) is 0 Å². The maximum absolute atomic E-state index is 13.0. The Bertz CT molecular complexity index is 582. The Kier molecular flexibility index (Phi) is 5.20. The number of carboxylic acids is 1. The SMILES string of the molecule is CC(Oc1ccc(F)cc1Cl)C(=O)N1CCOCC1C(=O)O. The highest BCUT2D eigenvalue weighted by Gasteiger charge is 2.35. The molecule has 2 atom stereocenters. The van der Waals surface area contributed by atoms with Crippen LogP contribution in [0.15, 0.2) is 18.2 Å². The molecule has 0 spiro atoms. The summed E-state index contributed by atoms with van der Waals surface area (Å²) in [6, 6.07) is 2.50. The largest absolute Gasteiger partial charge is 0.480 e. The summed E-state index contributed by atoms with van der Waals surface area (Å²) in [7, 11) is 0. The van der Waals surface area contributed by atoms with E-state index in [1.165, 1.54) is 17.9 Å². The van der Waals surface area contributed by atoms with E-state index in [1.54, 1.807) is 0 Å². The number of carboxylic acid groups (broad SMARTS) is 1. The fraction of sp³-hybridized carbons (Fsp3) is 0.429. The standard InChI is InChI=1S/C14H15ClFNO5/c1-8(22-12-3-2-9(16)6-10(12)15)13(18)17-4-5-21-7-11(17)14(19)20/h2-3,6,8,11H,4-5,7H2,1H3,(H,19,20). The van der Waals surface area contributed by atoms with Gasteiger partial charge in [0.1, 0.15) is 11.6 Å². The monoisotopic (exact) mass is 331 g/mol. The van der Waals surface area contributed by atoms with Gasteiger partial charge in [-0.15, -0.1) is 0 Å². The second-order valence-corrected chi connectivity index (χ2v) is 5.20. The minimum Gasteiger partial charge on any atom is -0.480 e. The van der Waals surface area contributed by atoms with Gasteiger partial charge < -0.3 is 19.5 Å². The summed E-state index contributed by atoms with van der Waals surface area (Å²) in [6.45, 7) is 1.85. The molecule has 0 bridgehead atoms. The van der Waals surface area contributed by atoms with Crippen molar-refractivity contribution in [1.29, 1.82) is 0 Å². The van der Waals surface area contributed by atoms with Gasteiger partial charge in [0.2, 0.25) is 0 Å². The molecule has 22 heavy (non-hydrogen) atoms. The lowest BCUT2D eigenvalue weighted by Crippen LogP contribution is -2.55. The zero-order chi connectivity index (χ0) is 16.3. The number of ether oxygens (including phenoxy) is 2. The molecule has 1 heterocycles. The van der Waals surface area contributed by atoms with Gasteiger partial charge in [-0.05, 0) is 25.1 Å². The summed E-state index contributed by atoms with van der Waals surface area (Å²) in [6.07, 6.45) is -0.956. The molecule has 0 aromatic heterocycles. The van der Waals surface area contributed by atoms with Crippen molar-refractivity contribution < 1.29 is 28.6 Å². The van der Waals surface area contributed by atoms with E-state index >= 15 is 0 Å². The van der Waals surface area contributed by atoms with Gasteiger partial charge in [0.15, 0.2) is 12.1 Å². The predicted octanol–water partition coefficient (Wildman–Crippen LogP) is 1.56. The van der Waals surface area contributed by atoms with Crippen molar-refractivity contribution in [2.75, 3.05) is 19.8 Å². The van der Waals surface area contributed by atoms with Gasteiger partial charge in [-0.3, -0.25) is 4.79 Å². The van der Waals surface area contributed by atoms with Crippen molar-refractivity contribution in [1.82, 2.24) is 4.90 Å². The van der Waals surface area contributed by atoms with Crippen LogP contribution in [-0.2, 0) is 14.3 Å². The Morgan fingerprint density at radius 3 is 2.91 bits per heavy atom. The van der Waals surface area contributed by atoms with Gasteiger partial charge in [0.05, 0.1) is 18.2 Å². The van der Waals surface area contributed by atoms with Gasteiger partial charge in [0.25, 0.3) is 5.91 Å². The molecule has 1 saturated heterocycles. The topological polar surface area (TPSA) is 76.1 Å². The fourth-order valence-corrected chi connectivity index (χ4v) is 2.33. The molecule has 1 aromatic rings. The highest BCUT2D eigenvalue weighted by Crippen LogP contribution is 2.26. The van der Waals surface area contributed by atoms with Gasteiger partial charge in [0, 0.05) is 6.54 Å². The molecule has 1 fully saturated rings. The molecule has 0 aliphatic carbocycles. The minimum atomic E-state index is -1.14. The number of amides is 1. The third-order valence-corrected chi connectivity index (χ3v) is 3.54. The summed E-state index contributed by atoms with van der Waals surface area (Å²) < 4.78 is 23.5. The van der Waals surface area contributed by atoms with Crippen LogP contribution < -0.4 is 4.74 Å². The number of carbonyl (C=O) groups excluding carboxylic acids is 1. The maximum Gasteiger partial charge on any atom is 0.328 e. The molecule has 2 unspecified atom stereocenters. The van der Waals surface area contributed by atoms with Crippen molar-refractivity contribution in [3.05, 3.63) is 29.0 Å². The molecular formula is C14H15ClFNO5. The predicted molar refractivity (Wildman–Crippen MR) is 75.5 cm³/mol. The number of morpholine rings is 1. The van der Waals surface area contributed by atoms with Crippen molar-refractivity contribution >= 4 is 23.5 Å². The highest BCUT2D eigenvalue weighted by atomic mass is 35.5. The van der Waals surface area contributed by atoms with Crippen molar-refractivity contribution in [2.24, 2.45) is 0 Å². The van der Waals surface area contributed by atoms with Gasteiger partial charge in [-0.25, -0.2) is 9.18 Å². The quantitative estimate of drug-likeness (QED) is 0.906. The van der Waals surface area contributed by atoms with E-state index in [9.17, 15) is 14.0 Å². The number of carbonyl (C=O) groups is 2. The van der Waals surface area contributed by atoms with Crippen LogP contribution in [0.3, 0.4) is 0 Å². The molecule has 1 N–H and O–H groups in total. The molecule has 6 nitrogen and oxygen atoms in total. The number of hydrogen-bond acceptors (Lipinski definition) is 4. The first kappa shape index (κ1) is 16.5. The Balaban J connectivity index is 2.09. The maximum atomic E-state index is 13.0. The summed E-state index contributed by atoms with van der Waals surface area (Å²) >= 11 is 5.84. The smallest absolute Gasteiger partial charge is 0.328 e. The van der Waals surface area contributed by atoms with E-state index in [0.717, 1.165) is 12.1 Å². The number of rotatable bonds is 4. The van der Waals surface area contributed by atoms with Crippen LogP contribution in [-0.4, -0.2) is 53.8 Å². The summed E-state index contributed by atoms with van der Waals surface area (Å²) in [4.78, 5) is 24.7. The fourth-order valence-electron chi connectivity index (χ4n) is 2.12. The first-order chi connectivity index (χ1) is 10.4. The van der Waals surface area contributed by atoms with Crippen molar-refractivity contribution in [3.63, 3.8) is 0 Å². The van der Waals surface area contributed by atoms with E-state index in [4.69, 9.17) is 26.2 Å². The zero-order valence-corrected chi connectivity index (χ0v) is 12.5. The highest BCUT2D eigenvalue weighted by molar-refractivity contribution is 6.32. The van der Waals surface area contributed by atoms with Crippen molar-refractivity contribution in [2.45, 2.75) is 19.1 Å². The van der Waals surface area contributed by atoms with Crippen LogP contribution in [0.5, 0.6) is 5.75 Å². The number of hydrogen-bond donors (Lipinski definition) is 1. The van der Waals surface area contributed by atoms with Crippen molar-refractivity contribution in [3.8, 4) is 5.75 Å². The van der Waals surface area contributed by atoms with Gasteiger partial charge >= 0.3 is 5.97 Å². The second-order valence-electron chi connectivity index (χ2n) is 4.80. The lowest BCUT2D eigenvalue weighted by Gasteiger charge is -2.34. The van der Waals surface area contributed by atoms with Crippen LogP contribution in [0.1, 0.15) is 6.92 Å². The first-order valence-electron chi connectivity index (χ1n) is 6.63. The van der Waals surface area contributed by atoms with Crippen LogP contribution in [0, 0.1) is 5.82 Å². The number of aliphatic carboxylic acids is 1. The number of halogens is 2. The zero-order valence-electron chi connectivity index (χ0n) is 11.8. The number of nitrogens with zero attached hydrogens (tertiary/aromatic N) is 1. The van der Waals surface area contributed by atoms with E-state index in [1.807, 2.05) is 0 Å². The number of benzene rings is 1. The molecule has 2 rings (SSSR count). The molecule has 1 aliphatic rings. The Morgan fingerprint density at radius 1 is 1.55 bits per heavy atom. The third kappa shape index (κ3) is 3.66. The summed E-state index contributed by atoms with van der Waals surface area (Å²) in [5.41, 5.74) is 0. The summed E-state index contributed by atoms with van der Waals surface area (Å²) in [5.74, 6) is -1.99. The Labute approximate surface area is 131 Å². The van der Waals surface area contributed by atoms with Crippen LogP contribution in [0.25, 0.3) is 0 Å². The molecule has 1 aromatic carbocycles. The second kappa shape index (κ2) is 6.93. The minimum absolute atomic E-state index is 0.0383. The Morgan fingerprint density at radius 2 is 2.27 bits per heavy atom. The molecule has 0 radical (unpaired) electrons. The molecule has 120 valence electrons. The first-order valence-corrected chi connectivity index (χ1v) is 7.00. The van der Waals surface area contributed by atoms with E-state index in [2.05, 4.69) is 0 Å². The summed E-state index contributed by atoms with van der Waals surface area (Å²) in [5, 5.41) is 9.16. The average Bonchev–Trinajstić information content (AvgIpc) is 2.49. The molecule has 1 aliphatic heterocycles. The molecule has 0 saturated carbocycles. The van der Waals surface area contributed by atoms with E-state index in [-0.39, 0.29) is 30.5 Å². The van der Waals surface area contributed by atoms with Gasteiger partial charge in [-0.1, -0.05) is 11.6 Å². The lowest BCUT2D eigenvalue weighted by atomic mass is 10.2. The molecular weight excluding hydrogens is 317 g/mol. The Hall–Kier alpha value is -1.86. The van der Waals surface area contributed by atoms with Crippen LogP contribution in [0.2, 0.25) is 5.02 Å². The lowest BCUT2D eigenvalue weighted by molar-refractivity contribution is -0.161. The van der Waals surface area contributed by atoms with Gasteiger partial charge in [-0.2, -0.15) is 0 Å². The third-order valence-electron chi connectivity index (χ3n) is 3.24. The molecule has 8 heteroatoms. The average molecular weight is 332 g/mol.